The van der Waals surface area contributed by atoms with E-state index in [1.54, 1.807) is 0 Å². The highest BCUT2D eigenvalue weighted by Crippen LogP contribution is 2.30. The Labute approximate surface area is 95.7 Å². The number of rotatable bonds is 4. The summed E-state index contributed by atoms with van der Waals surface area (Å²) in [7, 11) is 0. The first-order valence-electron chi connectivity index (χ1n) is 3.94. The Balaban J connectivity index is 2.44. The number of hydrogen-bond acceptors (Lipinski definition) is 4. The maximum absolute atomic E-state index is 12.1. The summed E-state index contributed by atoms with van der Waals surface area (Å²) in [6.45, 7) is 0. The van der Waals surface area contributed by atoms with E-state index >= 15 is 0 Å². The van der Waals surface area contributed by atoms with Crippen LogP contribution >= 0.6 is 23.3 Å². The molecule has 90 valence electrons. The molecule has 0 N–H and O–H groups in total. The number of alkyl halides is 3. The third kappa shape index (κ3) is 4.44. The second kappa shape index (κ2) is 5.58. The van der Waals surface area contributed by atoms with Gasteiger partial charge in [-0.05, 0) is 24.0 Å². The van der Waals surface area contributed by atoms with E-state index in [1.165, 1.54) is 0 Å². The maximum Gasteiger partial charge on any atom is 0.452 e. The van der Waals surface area contributed by atoms with Crippen molar-refractivity contribution in [1.29, 1.82) is 0 Å². The number of nitrogens with zero attached hydrogens (tertiary/aromatic N) is 2. The Morgan fingerprint density at radius 3 is 2.56 bits per heavy atom. The van der Waals surface area contributed by atoms with E-state index in [0.717, 1.165) is 11.8 Å². The van der Waals surface area contributed by atoms with Gasteiger partial charge in [0, 0.05) is 5.75 Å². The van der Waals surface area contributed by atoms with Crippen LogP contribution in [0.25, 0.3) is 0 Å². The second-order valence-corrected chi connectivity index (χ2v) is 4.61. The quantitative estimate of drug-likeness (QED) is 0.475. The molecular weight excluding hydrogens is 271 g/mol. The molecule has 0 bridgehead atoms. The highest BCUT2D eigenvalue weighted by molar-refractivity contribution is 8.00. The summed E-state index contributed by atoms with van der Waals surface area (Å²) >= 11 is 1.58. The zero-order valence-corrected chi connectivity index (χ0v) is 9.23. The Bertz CT molecular complexity index is 369. The molecule has 9 heteroatoms. The van der Waals surface area contributed by atoms with E-state index in [1.807, 2.05) is 0 Å². The van der Waals surface area contributed by atoms with Crippen LogP contribution in [-0.4, -0.2) is 15.1 Å². The van der Waals surface area contributed by atoms with Crippen LogP contribution in [0.3, 0.4) is 0 Å². The van der Waals surface area contributed by atoms with Crippen molar-refractivity contribution in [3.63, 3.8) is 0 Å². The molecule has 0 fully saturated rings. The van der Waals surface area contributed by atoms with Crippen LogP contribution in [0.4, 0.5) is 22.0 Å². The lowest BCUT2D eigenvalue weighted by Gasteiger charge is -1.97. The molecule has 0 saturated heterocycles. The van der Waals surface area contributed by atoms with Crippen molar-refractivity contribution in [2.24, 2.45) is 0 Å². The lowest BCUT2D eigenvalue weighted by molar-refractivity contribution is -0.144. The molecule has 0 aromatic carbocycles. The van der Waals surface area contributed by atoms with Crippen molar-refractivity contribution in [2.45, 2.75) is 16.9 Å². The smallest absolute Gasteiger partial charge is 0.204 e. The lowest BCUT2D eigenvalue weighted by atomic mass is 10.5. The fourth-order valence-corrected chi connectivity index (χ4v) is 2.27. The number of aromatic nitrogens is 2. The van der Waals surface area contributed by atoms with E-state index in [9.17, 15) is 22.0 Å². The van der Waals surface area contributed by atoms with Gasteiger partial charge >= 0.3 is 6.18 Å². The summed E-state index contributed by atoms with van der Waals surface area (Å²) in [5.41, 5.74) is 0. The lowest BCUT2D eigenvalue weighted by Crippen LogP contribution is -2.06. The van der Waals surface area contributed by atoms with Gasteiger partial charge in [-0.25, -0.2) is 4.98 Å². The van der Waals surface area contributed by atoms with Gasteiger partial charge in [0.1, 0.15) is 0 Å². The summed E-state index contributed by atoms with van der Waals surface area (Å²) in [6, 6.07) is 0. The van der Waals surface area contributed by atoms with Crippen LogP contribution in [0, 0.1) is 0 Å². The molecule has 0 aliphatic rings. The molecular formula is C7H5F5N2S2. The summed E-state index contributed by atoms with van der Waals surface area (Å²) in [6.07, 6.45) is -5.57. The van der Waals surface area contributed by atoms with E-state index in [2.05, 4.69) is 9.36 Å². The average Bonchev–Trinajstić information content (AvgIpc) is 2.59. The van der Waals surface area contributed by atoms with Crippen molar-refractivity contribution < 1.29 is 22.0 Å². The van der Waals surface area contributed by atoms with Crippen LogP contribution in [0.1, 0.15) is 12.2 Å². The molecule has 0 radical (unpaired) electrons. The van der Waals surface area contributed by atoms with Crippen molar-refractivity contribution in [2.75, 3.05) is 5.75 Å². The Kier molecular flexibility index (Phi) is 4.66. The molecule has 0 atom stereocenters. The standard InChI is InChI=1S/C7H5F5N2S2/c8-4(9)2-1-3-15-6-13-5(14-16-6)7(10,11)12/h2H,1,3H2. The van der Waals surface area contributed by atoms with E-state index in [0.29, 0.717) is 17.6 Å². The largest absolute Gasteiger partial charge is 0.452 e. The molecule has 0 saturated carbocycles. The number of hydrogen-bond donors (Lipinski definition) is 0. The number of halogens is 5. The van der Waals surface area contributed by atoms with Gasteiger partial charge in [-0.2, -0.15) is 26.3 Å². The molecule has 0 aliphatic carbocycles. The Morgan fingerprint density at radius 2 is 2.06 bits per heavy atom. The minimum Gasteiger partial charge on any atom is -0.204 e. The molecule has 1 aromatic heterocycles. The highest BCUT2D eigenvalue weighted by atomic mass is 32.2. The van der Waals surface area contributed by atoms with Gasteiger partial charge in [0.05, 0.1) is 0 Å². The monoisotopic (exact) mass is 276 g/mol. The third-order valence-electron chi connectivity index (χ3n) is 1.30. The van der Waals surface area contributed by atoms with Crippen LogP contribution in [0.15, 0.2) is 16.5 Å². The Hall–Kier alpha value is -0.700. The van der Waals surface area contributed by atoms with Crippen LogP contribution in [0.2, 0.25) is 0 Å². The molecule has 1 heterocycles. The Morgan fingerprint density at radius 1 is 1.38 bits per heavy atom. The molecule has 0 amide bonds. The predicted octanol–water partition coefficient (Wildman–Crippen LogP) is 3.82. The van der Waals surface area contributed by atoms with Crippen molar-refractivity contribution in [3.05, 3.63) is 18.0 Å². The van der Waals surface area contributed by atoms with Gasteiger partial charge in [0.25, 0.3) is 6.08 Å². The van der Waals surface area contributed by atoms with Gasteiger partial charge in [-0.1, -0.05) is 11.8 Å². The molecule has 16 heavy (non-hydrogen) atoms. The SMILES string of the molecule is FC(F)=CCCSc1nc(C(F)(F)F)ns1. The summed E-state index contributed by atoms with van der Waals surface area (Å²) < 4.78 is 62.6. The maximum atomic E-state index is 12.1. The zero-order chi connectivity index (χ0) is 12.2. The average molecular weight is 276 g/mol. The van der Waals surface area contributed by atoms with Gasteiger partial charge in [0.15, 0.2) is 4.34 Å². The third-order valence-corrected chi connectivity index (χ3v) is 3.17. The van der Waals surface area contributed by atoms with E-state index in [4.69, 9.17) is 0 Å². The first kappa shape index (κ1) is 13.4. The van der Waals surface area contributed by atoms with Gasteiger partial charge in [-0.3, -0.25) is 0 Å². The van der Waals surface area contributed by atoms with Crippen LogP contribution in [-0.2, 0) is 6.18 Å². The second-order valence-electron chi connectivity index (χ2n) is 2.51. The first-order chi connectivity index (χ1) is 7.39. The highest BCUT2D eigenvalue weighted by Gasteiger charge is 2.36. The zero-order valence-electron chi connectivity index (χ0n) is 7.59. The van der Waals surface area contributed by atoms with Crippen LogP contribution in [0.5, 0.6) is 0 Å². The molecule has 1 rings (SSSR count). The molecule has 1 aromatic rings. The van der Waals surface area contributed by atoms with Gasteiger partial charge in [0.2, 0.25) is 5.82 Å². The minimum absolute atomic E-state index is 0.0773. The number of allylic oxidation sites excluding steroid dienone is 1. The fourth-order valence-electron chi connectivity index (χ4n) is 0.698. The molecule has 0 unspecified atom stereocenters. The van der Waals surface area contributed by atoms with Crippen molar-refractivity contribution in [1.82, 2.24) is 9.36 Å². The van der Waals surface area contributed by atoms with Crippen LogP contribution < -0.4 is 0 Å². The summed E-state index contributed by atoms with van der Waals surface area (Å²) in [5.74, 6) is -0.948. The summed E-state index contributed by atoms with van der Waals surface area (Å²) in [5, 5.41) is 0. The predicted molar refractivity (Wildman–Crippen MR) is 50.6 cm³/mol. The number of thioether (sulfide) groups is 1. The minimum atomic E-state index is -4.56. The van der Waals surface area contributed by atoms with Crippen molar-refractivity contribution in [3.8, 4) is 0 Å². The fraction of sp³-hybridized carbons (Fsp3) is 0.429. The molecule has 2 nitrogen and oxygen atoms in total. The summed E-state index contributed by atoms with van der Waals surface area (Å²) in [4.78, 5) is 3.24. The van der Waals surface area contributed by atoms with Gasteiger partial charge < -0.3 is 0 Å². The molecule has 0 aliphatic heterocycles. The first-order valence-corrected chi connectivity index (χ1v) is 5.70. The normalized spacial score (nSPS) is 11.6. The molecule has 0 spiro atoms. The topological polar surface area (TPSA) is 25.8 Å². The van der Waals surface area contributed by atoms with Gasteiger partial charge in [-0.15, -0.1) is 0 Å². The van der Waals surface area contributed by atoms with Crippen molar-refractivity contribution >= 4 is 23.3 Å². The van der Waals surface area contributed by atoms with E-state index in [-0.39, 0.29) is 16.5 Å². The van der Waals surface area contributed by atoms with E-state index < -0.39 is 18.1 Å².